The predicted molar refractivity (Wildman–Crippen MR) is 86.7 cm³/mol. The molecule has 106 valence electrons. The number of hydrogen-bond donors (Lipinski definition) is 1. The van der Waals surface area contributed by atoms with Crippen LogP contribution in [0.15, 0.2) is 54.6 Å². The molecular formula is C19H25N. The molecule has 0 saturated carbocycles. The van der Waals surface area contributed by atoms with E-state index in [1.54, 1.807) is 0 Å². The maximum absolute atomic E-state index is 6.32. The molecule has 0 fully saturated rings. The zero-order valence-corrected chi connectivity index (χ0v) is 12.4. The Morgan fingerprint density at radius 1 is 0.900 bits per heavy atom. The summed E-state index contributed by atoms with van der Waals surface area (Å²) in [6, 6.07) is 19.6. The maximum Gasteiger partial charge on any atom is 0.0295 e. The second kappa shape index (κ2) is 7.86. The molecule has 0 aliphatic rings. The highest BCUT2D eigenvalue weighted by Crippen LogP contribution is 2.19. The first kappa shape index (κ1) is 14.8. The van der Waals surface area contributed by atoms with Crippen LogP contribution < -0.4 is 5.73 Å². The molecule has 0 aliphatic carbocycles. The summed E-state index contributed by atoms with van der Waals surface area (Å²) in [5.74, 6) is 0. The molecule has 2 rings (SSSR count). The van der Waals surface area contributed by atoms with Crippen LogP contribution in [0.5, 0.6) is 0 Å². The Hall–Kier alpha value is -1.60. The van der Waals surface area contributed by atoms with Crippen molar-refractivity contribution in [2.24, 2.45) is 5.73 Å². The van der Waals surface area contributed by atoms with Gasteiger partial charge in [-0.3, -0.25) is 0 Å². The van der Waals surface area contributed by atoms with Crippen molar-refractivity contribution in [2.75, 3.05) is 0 Å². The molecule has 0 saturated heterocycles. The molecular weight excluding hydrogens is 242 g/mol. The molecule has 1 atom stereocenters. The van der Waals surface area contributed by atoms with E-state index in [2.05, 4.69) is 61.5 Å². The molecule has 0 spiro atoms. The van der Waals surface area contributed by atoms with Gasteiger partial charge in [-0.15, -0.1) is 0 Å². The average Bonchev–Trinajstić information content (AvgIpc) is 2.49. The standard InChI is InChI=1S/C19H25N/c1-2-8-17-12-6-13-18(15-17)19(20)14-7-11-16-9-4-3-5-10-16/h3-6,9-10,12-13,15,19H,2,7-8,11,14,20H2,1H3. The quantitative estimate of drug-likeness (QED) is 0.775. The van der Waals surface area contributed by atoms with E-state index in [4.69, 9.17) is 5.73 Å². The molecule has 0 aliphatic heterocycles. The van der Waals surface area contributed by atoms with Crippen LogP contribution >= 0.6 is 0 Å². The molecule has 20 heavy (non-hydrogen) atoms. The van der Waals surface area contributed by atoms with Crippen molar-refractivity contribution in [3.8, 4) is 0 Å². The van der Waals surface area contributed by atoms with Gasteiger partial charge in [-0.2, -0.15) is 0 Å². The van der Waals surface area contributed by atoms with Crippen molar-refractivity contribution in [3.63, 3.8) is 0 Å². The summed E-state index contributed by atoms with van der Waals surface area (Å²) in [7, 11) is 0. The minimum atomic E-state index is 0.163. The maximum atomic E-state index is 6.32. The van der Waals surface area contributed by atoms with Crippen molar-refractivity contribution >= 4 is 0 Å². The van der Waals surface area contributed by atoms with Gasteiger partial charge in [-0.05, 0) is 42.4 Å². The summed E-state index contributed by atoms with van der Waals surface area (Å²) in [6.45, 7) is 2.21. The van der Waals surface area contributed by atoms with Crippen molar-refractivity contribution in [1.82, 2.24) is 0 Å². The van der Waals surface area contributed by atoms with Gasteiger partial charge in [-0.1, -0.05) is 67.9 Å². The van der Waals surface area contributed by atoms with Crippen LogP contribution in [0.3, 0.4) is 0 Å². The largest absolute Gasteiger partial charge is 0.324 e. The zero-order chi connectivity index (χ0) is 14.2. The molecule has 0 bridgehead atoms. The summed E-state index contributed by atoms with van der Waals surface area (Å²) in [5.41, 5.74) is 10.4. The number of aryl methyl sites for hydroxylation is 2. The molecule has 0 heterocycles. The highest BCUT2D eigenvalue weighted by molar-refractivity contribution is 5.26. The van der Waals surface area contributed by atoms with Gasteiger partial charge in [0.2, 0.25) is 0 Å². The second-order valence-corrected chi connectivity index (χ2v) is 5.48. The Labute approximate surface area is 122 Å². The van der Waals surface area contributed by atoms with Crippen LogP contribution in [0.1, 0.15) is 48.9 Å². The fourth-order valence-electron chi connectivity index (χ4n) is 2.61. The topological polar surface area (TPSA) is 26.0 Å². The lowest BCUT2D eigenvalue weighted by Gasteiger charge is -2.13. The molecule has 2 N–H and O–H groups in total. The fourth-order valence-corrected chi connectivity index (χ4v) is 2.61. The minimum absolute atomic E-state index is 0.163. The Balaban J connectivity index is 1.85. The molecule has 2 aromatic rings. The van der Waals surface area contributed by atoms with E-state index in [-0.39, 0.29) is 6.04 Å². The lowest BCUT2D eigenvalue weighted by atomic mass is 9.97. The van der Waals surface area contributed by atoms with Gasteiger partial charge in [0.15, 0.2) is 0 Å². The van der Waals surface area contributed by atoms with Gasteiger partial charge in [0.1, 0.15) is 0 Å². The van der Waals surface area contributed by atoms with E-state index < -0.39 is 0 Å². The van der Waals surface area contributed by atoms with E-state index in [9.17, 15) is 0 Å². The Kier molecular flexibility index (Phi) is 5.82. The molecule has 0 amide bonds. The van der Waals surface area contributed by atoms with Crippen LogP contribution in [-0.2, 0) is 12.8 Å². The second-order valence-electron chi connectivity index (χ2n) is 5.48. The Bertz CT molecular complexity index is 504. The third-order valence-electron chi connectivity index (χ3n) is 3.74. The minimum Gasteiger partial charge on any atom is -0.324 e. The summed E-state index contributed by atoms with van der Waals surface area (Å²) in [5, 5.41) is 0. The van der Waals surface area contributed by atoms with Crippen LogP contribution in [0.4, 0.5) is 0 Å². The zero-order valence-electron chi connectivity index (χ0n) is 12.4. The predicted octanol–water partition coefficient (Wildman–Crippen LogP) is 4.66. The van der Waals surface area contributed by atoms with E-state index in [0.29, 0.717) is 0 Å². The van der Waals surface area contributed by atoms with Crippen molar-refractivity contribution in [2.45, 2.75) is 45.1 Å². The molecule has 1 unspecified atom stereocenters. The van der Waals surface area contributed by atoms with Gasteiger partial charge in [0, 0.05) is 6.04 Å². The molecule has 1 nitrogen and oxygen atoms in total. The first-order valence-corrected chi connectivity index (χ1v) is 7.68. The third kappa shape index (κ3) is 4.50. The monoisotopic (exact) mass is 267 g/mol. The van der Waals surface area contributed by atoms with Crippen LogP contribution in [-0.4, -0.2) is 0 Å². The van der Waals surface area contributed by atoms with E-state index >= 15 is 0 Å². The number of benzene rings is 2. The van der Waals surface area contributed by atoms with Crippen molar-refractivity contribution in [1.29, 1.82) is 0 Å². The average molecular weight is 267 g/mol. The van der Waals surface area contributed by atoms with Crippen LogP contribution in [0.2, 0.25) is 0 Å². The fraction of sp³-hybridized carbons (Fsp3) is 0.368. The SMILES string of the molecule is CCCc1cccc(C(N)CCCc2ccccc2)c1. The normalized spacial score (nSPS) is 12.3. The van der Waals surface area contributed by atoms with Gasteiger partial charge >= 0.3 is 0 Å². The van der Waals surface area contributed by atoms with E-state index in [1.807, 2.05) is 0 Å². The smallest absolute Gasteiger partial charge is 0.0295 e. The van der Waals surface area contributed by atoms with E-state index in [1.165, 1.54) is 23.1 Å². The van der Waals surface area contributed by atoms with Gasteiger partial charge in [-0.25, -0.2) is 0 Å². The lowest BCUT2D eigenvalue weighted by molar-refractivity contribution is 0.611. The summed E-state index contributed by atoms with van der Waals surface area (Å²) >= 11 is 0. The molecule has 2 aromatic carbocycles. The molecule has 0 radical (unpaired) electrons. The number of nitrogens with two attached hydrogens (primary N) is 1. The van der Waals surface area contributed by atoms with E-state index in [0.717, 1.165) is 25.7 Å². The van der Waals surface area contributed by atoms with Crippen molar-refractivity contribution in [3.05, 3.63) is 71.3 Å². The summed E-state index contributed by atoms with van der Waals surface area (Å²) < 4.78 is 0. The highest BCUT2D eigenvalue weighted by Gasteiger charge is 2.06. The molecule has 0 aromatic heterocycles. The summed E-state index contributed by atoms with van der Waals surface area (Å²) in [4.78, 5) is 0. The van der Waals surface area contributed by atoms with Gasteiger partial charge in [0.25, 0.3) is 0 Å². The first-order chi connectivity index (χ1) is 9.79. The highest BCUT2D eigenvalue weighted by atomic mass is 14.6. The Morgan fingerprint density at radius 3 is 2.40 bits per heavy atom. The summed E-state index contributed by atoms with van der Waals surface area (Å²) in [6.07, 6.45) is 5.63. The molecule has 1 heteroatoms. The Morgan fingerprint density at radius 2 is 1.65 bits per heavy atom. The van der Waals surface area contributed by atoms with Crippen LogP contribution in [0, 0.1) is 0 Å². The van der Waals surface area contributed by atoms with Crippen LogP contribution in [0.25, 0.3) is 0 Å². The first-order valence-electron chi connectivity index (χ1n) is 7.68. The van der Waals surface area contributed by atoms with Crippen molar-refractivity contribution < 1.29 is 0 Å². The van der Waals surface area contributed by atoms with Gasteiger partial charge in [0.05, 0.1) is 0 Å². The number of hydrogen-bond acceptors (Lipinski definition) is 1. The lowest BCUT2D eigenvalue weighted by Crippen LogP contribution is -2.10. The number of rotatable bonds is 7. The third-order valence-corrected chi connectivity index (χ3v) is 3.74. The van der Waals surface area contributed by atoms with Gasteiger partial charge < -0.3 is 5.73 Å².